The molecular formula is C24H25ClF2N4O2. The Hall–Kier alpha value is -2.97. The number of amides is 1. The van der Waals surface area contributed by atoms with E-state index in [1.54, 1.807) is 18.3 Å². The van der Waals surface area contributed by atoms with Gasteiger partial charge in [0.25, 0.3) is 0 Å². The fourth-order valence-corrected chi connectivity index (χ4v) is 4.01. The fourth-order valence-electron chi connectivity index (χ4n) is 3.83. The largest absolute Gasteiger partial charge is 0.425 e. The third kappa shape index (κ3) is 6.52. The molecule has 0 radical (unpaired) electrons. The van der Waals surface area contributed by atoms with Gasteiger partial charge in [-0.2, -0.15) is 0 Å². The number of halogens is 3. The number of nitrogens with zero attached hydrogens (tertiary/aromatic N) is 2. The van der Waals surface area contributed by atoms with Crippen molar-refractivity contribution >= 4 is 29.1 Å². The monoisotopic (exact) mass is 474 g/mol. The second-order valence-corrected chi connectivity index (χ2v) is 8.50. The summed E-state index contributed by atoms with van der Waals surface area (Å²) in [6, 6.07) is 11.4. The van der Waals surface area contributed by atoms with Crippen LogP contribution < -0.4 is 10.6 Å². The maximum atomic E-state index is 13.4. The summed E-state index contributed by atoms with van der Waals surface area (Å²) in [4.78, 5) is 18.8. The average molecular weight is 475 g/mol. The summed E-state index contributed by atoms with van der Waals surface area (Å²) in [6.07, 6.45) is 3.85. The molecule has 6 nitrogen and oxygen atoms in total. The van der Waals surface area contributed by atoms with E-state index in [4.69, 9.17) is 16.0 Å². The minimum atomic E-state index is -0.835. The molecule has 33 heavy (non-hydrogen) atoms. The van der Waals surface area contributed by atoms with Gasteiger partial charge in [0.1, 0.15) is 0 Å². The molecule has 3 aromatic rings. The molecule has 0 saturated carbocycles. The molecule has 1 fully saturated rings. The number of aromatic nitrogens is 1. The number of para-hydroxylation sites is 1. The number of carbonyl (C=O) groups is 1. The van der Waals surface area contributed by atoms with Crippen molar-refractivity contribution in [1.82, 2.24) is 15.2 Å². The first-order valence-electron chi connectivity index (χ1n) is 10.9. The third-order valence-corrected chi connectivity index (χ3v) is 5.92. The number of anilines is 2. The Kier molecular flexibility index (Phi) is 7.57. The SMILES string of the molecule is O=C(CCc1ncc(Nc2ccccc2Cl)o1)NC1CCN(Cc2ccc(F)c(F)c2)CC1. The summed E-state index contributed by atoms with van der Waals surface area (Å²) < 4.78 is 32.1. The molecule has 1 aromatic heterocycles. The Labute approximate surface area is 195 Å². The zero-order valence-corrected chi connectivity index (χ0v) is 18.7. The fraction of sp³-hybridized carbons (Fsp3) is 0.333. The van der Waals surface area contributed by atoms with E-state index >= 15 is 0 Å². The van der Waals surface area contributed by atoms with Crippen molar-refractivity contribution in [3.63, 3.8) is 0 Å². The summed E-state index contributed by atoms with van der Waals surface area (Å²) in [5.74, 6) is -0.772. The van der Waals surface area contributed by atoms with E-state index in [9.17, 15) is 13.6 Å². The van der Waals surface area contributed by atoms with Gasteiger partial charge in [0.15, 0.2) is 17.5 Å². The number of oxazole rings is 1. The van der Waals surface area contributed by atoms with Crippen LogP contribution in [0.15, 0.2) is 53.1 Å². The Morgan fingerprint density at radius 2 is 1.94 bits per heavy atom. The van der Waals surface area contributed by atoms with Gasteiger partial charge in [-0.05, 0) is 42.7 Å². The maximum absolute atomic E-state index is 13.4. The maximum Gasteiger partial charge on any atom is 0.220 e. The lowest BCUT2D eigenvalue weighted by Crippen LogP contribution is -2.44. The van der Waals surface area contributed by atoms with Crippen molar-refractivity contribution in [2.45, 2.75) is 38.3 Å². The standard InChI is InChI=1S/C24H25ClF2N4O2/c25-18-3-1-2-4-21(18)30-24-14-28-23(33-24)8-7-22(32)29-17-9-11-31(12-10-17)15-16-5-6-19(26)20(27)13-16/h1-6,13-14,17,30H,7-12,15H2,(H,29,32). The molecule has 0 bridgehead atoms. The molecule has 0 unspecified atom stereocenters. The summed E-state index contributed by atoms with van der Waals surface area (Å²) in [7, 11) is 0. The summed E-state index contributed by atoms with van der Waals surface area (Å²) in [5, 5.41) is 6.71. The molecular weight excluding hydrogens is 450 g/mol. The molecule has 1 saturated heterocycles. The lowest BCUT2D eigenvalue weighted by atomic mass is 10.0. The molecule has 0 spiro atoms. The normalized spacial score (nSPS) is 14.9. The molecule has 1 amide bonds. The number of benzene rings is 2. The van der Waals surface area contributed by atoms with Gasteiger partial charge in [-0.15, -0.1) is 0 Å². The first-order valence-corrected chi connectivity index (χ1v) is 11.3. The van der Waals surface area contributed by atoms with Crippen LogP contribution in [-0.4, -0.2) is 34.9 Å². The van der Waals surface area contributed by atoms with E-state index in [0.29, 0.717) is 29.8 Å². The molecule has 9 heteroatoms. The zero-order valence-electron chi connectivity index (χ0n) is 18.0. The van der Waals surface area contributed by atoms with Crippen LogP contribution in [0.1, 0.15) is 30.7 Å². The first-order chi connectivity index (χ1) is 16.0. The number of hydrogen-bond acceptors (Lipinski definition) is 5. The van der Waals surface area contributed by atoms with Crippen LogP contribution in [0.4, 0.5) is 20.4 Å². The molecule has 1 aliphatic heterocycles. The summed E-state index contributed by atoms with van der Waals surface area (Å²) in [5.41, 5.74) is 1.46. The number of carbonyl (C=O) groups excluding carboxylic acids is 1. The number of nitrogens with one attached hydrogen (secondary N) is 2. The highest BCUT2D eigenvalue weighted by Gasteiger charge is 2.21. The van der Waals surface area contributed by atoms with Crippen LogP contribution in [-0.2, 0) is 17.8 Å². The second-order valence-electron chi connectivity index (χ2n) is 8.09. The number of rotatable bonds is 8. The Bertz CT molecular complexity index is 1100. The molecule has 1 aliphatic rings. The van der Waals surface area contributed by atoms with Gasteiger partial charge in [0.05, 0.1) is 16.9 Å². The van der Waals surface area contributed by atoms with Crippen LogP contribution in [0, 0.1) is 11.6 Å². The minimum Gasteiger partial charge on any atom is -0.425 e. The van der Waals surface area contributed by atoms with Gasteiger partial charge >= 0.3 is 0 Å². The molecule has 2 heterocycles. The van der Waals surface area contributed by atoms with Crippen LogP contribution in [0.3, 0.4) is 0 Å². The van der Waals surface area contributed by atoms with Crippen molar-refractivity contribution in [3.05, 3.63) is 76.8 Å². The van der Waals surface area contributed by atoms with Crippen LogP contribution in [0.2, 0.25) is 5.02 Å². The predicted octanol–water partition coefficient (Wildman–Crippen LogP) is 5.06. The van der Waals surface area contributed by atoms with E-state index in [-0.39, 0.29) is 18.4 Å². The minimum absolute atomic E-state index is 0.0483. The number of aryl methyl sites for hydroxylation is 1. The van der Waals surface area contributed by atoms with Crippen LogP contribution in [0.5, 0.6) is 0 Å². The van der Waals surface area contributed by atoms with Gasteiger partial charge in [-0.1, -0.05) is 29.8 Å². The van der Waals surface area contributed by atoms with Gasteiger partial charge in [0, 0.05) is 38.5 Å². The third-order valence-electron chi connectivity index (χ3n) is 5.59. The van der Waals surface area contributed by atoms with E-state index in [1.165, 1.54) is 6.07 Å². The highest BCUT2D eigenvalue weighted by Crippen LogP contribution is 2.25. The van der Waals surface area contributed by atoms with Crippen molar-refractivity contribution in [3.8, 4) is 0 Å². The molecule has 2 N–H and O–H groups in total. The van der Waals surface area contributed by atoms with Crippen LogP contribution in [0.25, 0.3) is 0 Å². The summed E-state index contributed by atoms with van der Waals surface area (Å²) in [6.45, 7) is 2.12. The molecule has 174 valence electrons. The Morgan fingerprint density at radius 3 is 2.70 bits per heavy atom. The number of piperidine rings is 1. The van der Waals surface area contributed by atoms with Crippen molar-refractivity contribution in [2.75, 3.05) is 18.4 Å². The topological polar surface area (TPSA) is 70.4 Å². The number of hydrogen-bond donors (Lipinski definition) is 2. The average Bonchev–Trinajstić information content (AvgIpc) is 3.25. The second kappa shape index (κ2) is 10.8. The lowest BCUT2D eigenvalue weighted by Gasteiger charge is -2.32. The molecule has 4 rings (SSSR count). The first kappa shape index (κ1) is 23.2. The van der Waals surface area contributed by atoms with Crippen molar-refractivity contribution < 1.29 is 18.0 Å². The Balaban J connectivity index is 1.18. The Morgan fingerprint density at radius 1 is 1.15 bits per heavy atom. The molecule has 2 aromatic carbocycles. The molecule has 0 atom stereocenters. The smallest absolute Gasteiger partial charge is 0.220 e. The van der Waals surface area contributed by atoms with E-state index < -0.39 is 11.6 Å². The highest BCUT2D eigenvalue weighted by atomic mass is 35.5. The van der Waals surface area contributed by atoms with Gasteiger partial charge in [0.2, 0.25) is 11.8 Å². The van der Waals surface area contributed by atoms with Gasteiger partial charge in [-0.25, -0.2) is 13.8 Å². The summed E-state index contributed by atoms with van der Waals surface area (Å²) >= 11 is 6.13. The van der Waals surface area contributed by atoms with E-state index in [2.05, 4.69) is 20.5 Å². The predicted molar refractivity (Wildman–Crippen MR) is 122 cm³/mol. The lowest BCUT2D eigenvalue weighted by molar-refractivity contribution is -0.122. The highest BCUT2D eigenvalue weighted by molar-refractivity contribution is 6.33. The van der Waals surface area contributed by atoms with Gasteiger partial charge in [-0.3, -0.25) is 9.69 Å². The zero-order chi connectivity index (χ0) is 23.2. The number of likely N-dealkylation sites (tertiary alicyclic amines) is 1. The quantitative estimate of drug-likeness (QED) is 0.477. The van der Waals surface area contributed by atoms with E-state index in [1.807, 2.05) is 18.2 Å². The van der Waals surface area contributed by atoms with Crippen LogP contribution >= 0.6 is 11.6 Å². The van der Waals surface area contributed by atoms with E-state index in [0.717, 1.165) is 43.2 Å². The molecule has 0 aliphatic carbocycles. The van der Waals surface area contributed by atoms with Crippen molar-refractivity contribution in [1.29, 1.82) is 0 Å². The van der Waals surface area contributed by atoms with Crippen molar-refractivity contribution in [2.24, 2.45) is 0 Å². The van der Waals surface area contributed by atoms with Gasteiger partial charge < -0.3 is 15.1 Å².